The van der Waals surface area contributed by atoms with Crippen LogP contribution in [0.2, 0.25) is 5.02 Å². The molecule has 190 valence electrons. The minimum atomic E-state index is -0.438. The molecule has 7 nitrogen and oxygen atoms in total. The van der Waals surface area contributed by atoms with Gasteiger partial charge in [0.05, 0.1) is 17.7 Å². The van der Waals surface area contributed by atoms with Crippen LogP contribution in [0.1, 0.15) is 16.7 Å². The predicted octanol–water partition coefficient (Wildman–Crippen LogP) is 6.99. The third-order valence-electron chi connectivity index (χ3n) is 5.70. The van der Waals surface area contributed by atoms with E-state index in [4.69, 9.17) is 21.1 Å². The van der Waals surface area contributed by atoms with E-state index < -0.39 is 11.1 Å². The Bertz CT molecular complexity index is 1440. The van der Waals surface area contributed by atoms with Gasteiger partial charge in [-0.15, -0.1) is 0 Å². The molecule has 0 unspecified atom stereocenters. The normalized spacial score (nSPS) is 14.3. The molecular weight excluding hydrogens is 580 g/mol. The smallest absolute Gasteiger partial charge is 0.298 e. The van der Waals surface area contributed by atoms with Crippen molar-refractivity contribution >= 4 is 73.8 Å². The predicted molar refractivity (Wildman–Crippen MR) is 151 cm³/mol. The molecule has 1 aliphatic heterocycles. The molecule has 3 aromatic carbocycles. The lowest BCUT2D eigenvalue weighted by Crippen LogP contribution is -2.27. The maximum atomic E-state index is 12.9. The summed E-state index contributed by atoms with van der Waals surface area (Å²) in [6.45, 7) is 3.68. The van der Waals surface area contributed by atoms with Gasteiger partial charge in [-0.3, -0.25) is 14.4 Å². The largest absolute Gasteiger partial charge is 0.493 e. The lowest BCUT2D eigenvalue weighted by atomic mass is 10.1. The molecule has 3 amide bonds. The first-order chi connectivity index (χ1) is 17.7. The summed E-state index contributed by atoms with van der Waals surface area (Å²) < 4.78 is 12.1. The van der Waals surface area contributed by atoms with E-state index in [1.54, 1.807) is 48.5 Å². The van der Waals surface area contributed by atoms with Crippen molar-refractivity contribution in [1.29, 1.82) is 0 Å². The molecule has 0 aliphatic carbocycles. The van der Waals surface area contributed by atoms with Gasteiger partial charge in [0, 0.05) is 15.2 Å². The van der Waals surface area contributed by atoms with Crippen molar-refractivity contribution in [2.24, 2.45) is 0 Å². The highest BCUT2D eigenvalue weighted by Gasteiger charge is 2.36. The van der Waals surface area contributed by atoms with Gasteiger partial charge in [-0.05, 0) is 90.8 Å². The van der Waals surface area contributed by atoms with Crippen LogP contribution >= 0.6 is 39.3 Å². The van der Waals surface area contributed by atoms with Gasteiger partial charge < -0.3 is 14.8 Å². The number of halogens is 2. The van der Waals surface area contributed by atoms with Crippen molar-refractivity contribution in [2.75, 3.05) is 23.9 Å². The zero-order valence-electron chi connectivity index (χ0n) is 20.1. The van der Waals surface area contributed by atoms with Crippen molar-refractivity contribution in [3.8, 4) is 11.5 Å². The highest BCUT2D eigenvalue weighted by Crippen LogP contribution is 2.37. The van der Waals surface area contributed by atoms with E-state index in [1.807, 2.05) is 26.0 Å². The lowest BCUT2D eigenvalue weighted by molar-refractivity contribution is -0.118. The average molecular weight is 602 g/mol. The Balaban J connectivity index is 1.46. The van der Waals surface area contributed by atoms with Gasteiger partial charge in [-0.2, -0.15) is 0 Å². The second-order valence-corrected chi connectivity index (χ2v) is 10.4. The van der Waals surface area contributed by atoms with E-state index in [1.165, 1.54) is 7.11 Å². The number of nitrogens with one attached hydrogen (secondary N) is 1. The van der Waals surface area contributed by atoms with Crippen molar-refractivity contribution in [2.45, 2.75) is 13.8 Å². The van der Waals surface area contributed by atoms with Crippen LogP contribution in [0.4, 0.5) is 16.2 Å². The molecule has 0 radical (unpaired) electrons. The Hall–Kier alpha value is -3.27. The molecule has 1 saturated heterocycles. The van der Waals surface area contributed by atoms with Crippen LogP contribution in [-0.4, -0.2) is 30.8 Å². The highest BCUT2D eigenvalue weighted by molar-refractivity contribution is 9.10. The second kappa shape index (κ2) is 11.4. The lowest BCUT2D eigenvalue weighted by Gasteiger charge is -2.14. The minimum absolute atomic E-state index is 0.219. The number of imide groups is 1. The van der Waals surface area contributed by atoms with Crippen LogP contribution in [0.3, 0.4) is 0 Å². The van der Waals surface area contributed by atoms with E-state index in [0.717, 1.165) is 32.3 Å². The van der Waals surface area contributed by atoms with Crippen LogP contribution in [0.25, 0.3) is 6.08 Å². The Morgan fingerprint density at radius 2 is 1.86 bits per heavy atom. The summed E-state index contributed by atoms with van der Waals surface area (Å²) in [5.41, 5.74) is 3.76. The number of ether oxygens (including phenoxy) is 2. The number of thioether (sulfide) groups is 1. The van der Waals surface area contributed by atoms with Crippen LogP contribution in [0, 0.1) is 13.8 Å². The monoisotopic (exact) mass is 600 g/mol. The number of carbonyl (C=O) groups is 3. The van der Waals surface area contributed by atoms with Gasteiger partial charge in [0.2, 0.25) is 0 Å². The SMILES string of the molecule is COc1cc(/C=C2\SC(=O)N(c3cccc(Cl)c3)C2=O)ccc1OCC(=O)Nc1ccc(Br)c(C)c1C. The summed E-state index contributed by atoms with van der Waals surface area (Å²) in [4.78, 5) is 39.3. The number of rotatable bonds is 7. The van der Waals surface area contributed by atoms with E-state index in [2.05, 4.69) is 21.2 Å². The number of hydrogen-bond donors (Lipinski definition) is 1. The molecule has 1 N–H and O–H groups in total. The molecule has 0 bridgehead atoms. The standard InChI is InChI=1S/C27H22BrClN2O5S/c1-15-16(2)21(9-8-20(15)28)30-25(32)14-36-22-10-7-17(11-23(22)35-3)12-24-26(33)31(27(34)37-24)19-6-4-5-18(29)13-19/h4-13H,14H2,1-3H3,(H,30,32)/b24-12-. The van der Waals surface area contributed by atoms with Crippen LogP contribution < -0.4 is 19.7 Å². The summed E-state index contributed by atoms with van der Waals surface area (Å²) in [5, 5.41) is 2.87. The number of benzene rings is 3. The third kappa shape index (κ3) is 6.01. The molecular formula is C27H22BrClN2O5S. The van der Waals surface area contributed by atoms with Crippen LogP contribution in [-0.2, 0) is 9.59 Å². The molecule has 1 fully saturated rings. The fourth-order valence-electron chi connectivity index (χ4n) is 3.60. The summed E-state index contributed by atoms with van der Waals surface area (Å²) in [6, 6.07) is 15.3. The summed E-state index contributed by atoms with van der Waals surface area (Å²) in [6.07, 6.45) is 1.60. The molecule has 37 heavy (non-hydrogen) atoms. The topological polar surface area (TPSA) is 84.9 Å². The molecule has 10 heteroatoms. The Labute approximate surface area is 231 Å². The molecule has 0 spiro atoms. The Morgan fingerprint density at radius 1 is 1.08 bits per heavy atom. The van der Waals surface area contributed by atoms with Crippen molar-refractivity contribution < 1.29 is 23.9 Å². The first-order valence-corrected chi connectivity index (χ1v) is 13.1. The first-order valence-electron chi connectivity index (χ1n) is 11.1. The van der Waals surface area contributed by atoms with E-state index >= 15 is 0 Å². The molecule has 4 rings (SSSR count). The van der Waals surface area contributed by atoms with Gasteiger partial charge in [0.1, 0.15) is 0 Å². The number of amides is 3. The zero-order chi connectivity index (χ0) is 26.7. The fraction of sp³-hybridized carbons (Fsp3) is 0.148. The zero-order valence-corrected chi connectivity index (χ0v) is 23.3. The van der Waals surface area contributed by atoms with Gasteiger partial charge in [0.15, 0.2) is 18.1 Å². The summed E-state index contributed by atoms with van der Waals surface area (Å²) in [5.74, 6) is -0.00540. The van der Waals surface area contributed by atoms with Gasteiger partial charge >= 0.3 is 0 Å². The number of carbonyl (C=O) groups excluding carboxylic acids is 3. The molecule has 0 atom stereocenters. The quantitative estimate of drug-likeness (QED) is 0.294. The molecule has 1 heterocycles. The third-order valence-corrected chi connectivity index (χ3v) is 7.66. The molecule has 0 aromatic heterocycles. The number of hydrogen-bond acceptors (Lipinski definition) is 6. The van der Waals surface area contributed by atoms with Gasteiger partial charge in [0.25, 0.3) is 17.1 Å². The molecule has 3 aromatic rings. The van der Waals surface area contributed by atoms with E-state index in [9.17, 15) is 14.4 Å². The summed E-state index contributed by atoms with van der Waals surface area (Å²) in [7, 11) is 1.48. The maximum absolute atomic E-state index is 12.9. The minimum Gasteiger partial charge on any atom is -0.493 e. The van der Waals surface area contributed by atoms with Gasteiger partial charge in [-0.1, -0.05) is 39.7 Å². The maximum Gasteiger partial charge on any atom is 0.298 e. The number of anilines is 2. The molecule has 0 saturated carbocycles. The number of nitrogens with zero attached hydrogens (tertiary/aromatic N) is 1. The fourth-order valence-corrected chi connectivity index (χ4v) is 5.06. The van der Waals surface area contributed by atoms with E-state index in [0.29, 0.717) is 33.5 Å². The number of methoxy groups -OCH3 is 1. The second-order valence-electron chi connectivity index (χ2n) is 8.09. The Morgan fingerprint density at radius 3 is 2.59 bits per heavy atom. The molecule has 1 aliphatic rings. The van der Waals surface area contributed by atoms with Crippen LogP contribution in [0.5, 0.6) is 11.5 Å². The first kappa shape index (κ1) is 26.8. The van der Waals surface area contributed by atoms with Crippen LogP contribution in [0.15, 0.2) is 64.0 Å². The van der Waals surface area contributed by atoms with Crippen molar-refractivity contribution in [1.82, 2.24) is 0 Å². The van der Waals surface area contributed by atoms with Crippen molar-refractivity contribution in [3.05, 3.63) is 85.7 Å². The summed E-state index contributed by atoms with van der Waals surface area (Å²) >= 11 is 10.3. The van der Waals surface area contributed by atoms with E-state index in [-0.39, 0.29) is 17.4 Å². The van der Waals surface area contributed by atoms with Gasteiger partial charge in [-0.25, -0.2) is 4.90 Å². The van der Waals surface area contributed by atoms with Crippen molar-refractivity contribution in [3.63, 3.8) is 0 Å². The average Bonchev–Trinajstić information content (AvgIpc) is 3.15. The Kier molecular flexibility index (Phi) is 8.26. The highest BCUT2D eigenvalue weighted by atomic mass is 79.9.